The minimum Gasteiger partial charge on any atom is -0.343 e. The largest absolute Gasteiger partial charge is 0.343 e. The van der Waals surface area contributed by atoms with E-state index in [9.17, 15) is 50.0 Å². The average Bonchev–Trinajstić information content (AvgIpc) is 3.02. The zero-order valence-corrected chi connectivity index (χ0v) is 22.3. The number of non-ortho nitro benzene ring substituents is 4. The van der Waals surface area contributed by atoms with E-state index in [1.165, 1.54) is 0 Å². The summed E-state index contributed by atoms with van der Waals surface area (Å²) in [6.07, 6.45) is 0. The molecule has 0 spiro atoms. The van der Waals surface area contributed by atoms with E-state index in [1.807, 2.05) is 0 Å². The zero-order valence-electron chi connectivity index (χ0n) is 22.3. The average molecular weight is 601 g/mol. The van der Waals surface area contributed by atoms with E-state index < -0.39 is 77.5 Å². The summed E-state index contributed by atoms with van der Waals surface area (Å²) in [7, 11) is 0. The predicted molar refractivity (Wildman–Crippen MR) is 153 cm³/mol. The number of benzene rings is 4. The first-order chi connectivity index (χ1) is 20.9. The first-order valence-electron chi connectivity index (χ1n) is 12.5. The molecule has 0 unspecified atom stereocenters. The van der Waals surface area contributed by atoms with Crippen LogP contribution < -0.4 is 10.6 Å². The van der Waals surface area contributed by atoms with Crippen LogP contribution in [0.4, 0.5) is 22.7 Å². The van der Waals surface area contributed by atoms with Gasteiger partial charge in [-0.25, -0.2) is 0 Å². The number of carbonyl (C=O) groups is 2. The number of nitrogens with one attached hydrogen (secondary N) is 2. The Morgan fingerprint density at radius 2 is 0.750 bits per heavy atom. The molecule has 0 aliphatic heterocycles. The highest BCUT2D eigenvalue weighted by molar-refractivity contribution is 5.97. The molecule has 0 saturated heterocycles. The lowest BCUT2D eigenvalue weighted by Gasteiger charge is -2.30. The second kappa shape index (κ2) is 12.9. The van der Waals surface area contributed by atoms with Gasteiger partial charge in [-0.2, -0.15) is 0 Å². The smallest absolute Gasteiger partial charge is 0.277 e. The highest BCUT2D eigenvalue weighted by atomic mass is 16.6. The van der Waals surface area contributed by atoms with Crippen LogP contribution in [0.25, 0.3) is 0 Å². The van der Waals surface area contributed by atoms with Gasteiger partial charge in [0.15, 0.2) is 0 Å². The van der Waals surface area contributed by atoms with Gasteiger partial charge < -0.3 is 10.6 Å². The van der Waals surface area contributed by atoms with Crippen LogP contribution in [0.1, 0.15) is 43.9 Å². The standard InChI is InChI=1S/C28H20N6O10/c35-27(19-11-21(31(37)38)15-22(12-19)32(39)40)29-25(17-7-3-1-4-8-17)26(18-9-5-2-6-10-18)30-28(36)20-13-23(33(41)42)16-24(14-20)34(43)44/h1-16,25-26H,(H,29,35)(H,30,36)/t25-,26-/m0/s1. The monoisotopic (exact) mass is 600 g/mol. The van der Waals surface area contributed by atoms with Crippen molar-refractivity contribution < 1.29 is 29.3 Å². The molecule has 222 valence electrons. The van der Waals surface area contributed by atoms with Crippen molar-refractivity contribution in [2.24, 2.45) is 0 Å². The summed E-state index contributed by atoms with van der Waals surface area (Å²) in [5.41, 5.74) is -2.72. The zero-order chi connectivity index (χ0) is 32.0. The van der Waals surface area contributed by atoms with Gasteiger partial charge in [0.05, 0.1) is 55.0 Å². The quantitative estimate of drug-likeness (QED) is 0.173. The van der Waals surface area contributed by atoms with E-state index in [2.05, 4.69) is 10.6 Å². The van der Waals surface area contributed by atoms with E-state index in [0.717, 1.165) is 24.3 Å². The molecule has 2 amide bonds. The number of rotatable bonds is 11. The second-order valence-corrected chi connectivity index (χ2v) is 9.23. The third-order valence-electron chi connectivity index (χ3n) is 6.40. The number of hydrogen-bond acceptors (Lipinski definition) is 10. The Kier molecular flexibility index (Phi) is 8.94. The maximum Gasteiger partial charge on any atom is 0.277 e. The van der Waals surface area contributed by atoms with Crippen LogP contribution in [0.15, 0.2) is 97.1 Å². The first-order valence-corrected chi connectivity index (χ1v) is 12.5. The van der Waals surface area contributed by atoms with Gasteiger partial charge in [-0.1, -0.05) is 60.7 Å². The van der Waals surface area contributed by atoms with E-state index in [0.29, 0.717) is 23.3 Å². The summed E-state index contributed by atoms with van der Waals surface area (Å²) in [5, 5.41) is 50.9. The van der Waals surface area contributed by atoms with Crippen molar-refractivity contribution in [2.45, 2.75) is 12.1 Å². The fourth-order valence-corrected chi connectivity index (χ4v) is 4.36. The normalized spacial score (nSPS) is 11.9. The summed E-state index contributed by atoms with van der Waals surface area (Å²) in [5.74, 6) is -1.90. The molecule has 2 N–H and O–H groups in total. The number of nitrogens with zero attached hydrogens (tertiary/aromatic N) is 4. The molecule has 16 nitrogen and oxygen atoms in total. The summed E-state index contributed by atoms with van der Waals surface area (Å²) < 4.78 is 0. The molecule has 16 heteroatoms. The first kappa shape index (κ1) is 30.4. The van der Waals surface area contributed by atoms with Gasteiger partial charge in [0, 0.05) is 24.3 Å². The van der Waals surface area contributed by atoms with Crippen LogP contribution in [0.3, 0.4) is 0 Å². The molecule has 0 aromatic heterocycles. The summed E-state index contributed by atoms with van der Waals surface area (Å²) >= 11 is 0. The van der Waals surface area contributed by atoms with E-state index >= 15 is 0 Å². The summed E-state index contributed by atoms with van der Waals surface area (Å²) in [6.45, 7) is 0. The molecule has 2 atom stereocenters. The van der Waals surface area contributed by atoms with E-state index in [1.54, 1.807) is 60.7 Å². The molecule has 0 fully saturated rings. The third kappa shape index (κ3) is 7.00. The van der Waals surface area contributed by atoms with E-state index in [4.69, 9.17) is 0 Å². The summed E-state index contributed by atoms with van der Waals surface area (Å²) in [6, 6.07) is 19.0. The molecule has 0 aliphatic rings. The molecular formula is C28H20N6O10. The van der Waals surface area contributed by atoms with Gasteiger partial charge in [0.2, 0.25) is 0 Å². The van der Waals surface area contributed by atoms with Crippen molar-refractivity contribution in [3.8, 4) is 0 Å². The van der Waals surface area contributed by atoms with Crippen LogP contribution in [0.5, 0.6) is 0 Å². The van der Waals surface area contributed by atoms with Crippen molar-refractivity contribution in [3.05, 3.63) is 160 Å². The van der Waals surface area contributed by atoms with Crippen molar-refractivity contribution in [1.29, 1.82) is 0 Å². The van der Waals surface area contributed by atoms with Crippen molar-refractivity contribution >= 4 is 34.6 Å². The number of amides is 2. The molecule has 0 heterocycles. The molecule has 0 radical (unpaired) electrons. The topological polar surface area (TPSA) is 231 Å². The highest BCUT2D eigenvalue weighted by Crippen LogP contribution is 2.32. The maximum atomic E-state index is 13.5. The van der Waals surface area contributed by atoms with Gasteiger partial charge in [0.1, 0.15) is 0 Å². The molecular weight excluding hydrogens is 580 g/mol. The fourth-order valence-electron chi connectivity index (χ4n) is 4.36. The van der Waals surface area contributed by atoms with E-state index in [-0.39, 0.29) is 0 Å². The Bertz CT molecular complexity index is 1590. The summed E-state index contributed by atoms with van der Waals surface area (Å²) in [4.78, 5) is 69.0. The van der Waals surface area contributed by atoms with Crippen LogP contribution in [-0.2, 0) is 0 Å². The Morgan fingerprint density at radius 3 is 1.00 bits per heavy atom. The van der Waals surface area contributed by atoms with Crippen LogP contribution in [0.2, 0.25) is 0 Å². The highest BCUT2D eigenvalue weighted by Gasteiger charge is 2.31. The van der Waals surface area contributed by atoms with Crippen LogP contribution in [-0.4, -0.2) is 31.5 Å². The molecule has 44 heavy (non-hydrogen) atoms. The maximum absolute atomic E-state index is 13.5. The van der Waals surface area contributed by atoms with Gasteiger partial charge in [-0.3, -0.25) is 50.0 Å². The van der Waals surface area contributed by atoms with Crippen LogP contribution >= 0.6 is 0 Å². The minimum atomic E-state index is -1.12. The van der Waals surface area contributed by atoms with Crippen molar-refractivity contribution in [1.82, 2.24) is 10.6 Å². The Balaban J connectivity index is 1.81. The second-order valence-electron chi connectivity index (χ2n) is 9.23. The van der Waals surface area contributed by atoms with Gasteiger partial charge in [0.25, 0.3) is 34.6 Å². The van der Waals surface area contributed by atoms with Gasteiger partial charge in [-0.15, -0.1) is 0 Å². The predicted octanol–water partition coefficient (Wildman–Crippen LogP) is 4.96. The van der Waals surface area contributed by atoms with Crippen LogP contribution in [0, 0.1) is 40.5 Å². The van der Waals surface area contributed by atoms with Gasteiger partial charge >= 0.3 is 0 Å². The fraction of sp³-hybridized carbons (Fsp3) is 0.0714. The van der Waals surface area contributed by atoms with Crippen molar-refractivity contribution in [3.63, 3.8) is 0 Å². The Morgan fingerprint density at radius 1 is 0.477 bits per heavy atom. The van der Waals surface area contributed by atoms with Gasteiger partial charge in [-0.05, 0) is 11.1 Å². The minimum absolute atomic E-state index is 0.403. The lowest BCUT2D eigenvalue weighted by molar-refractivity contribution is -0.394. The molecule has 4 rings (SSSR count). The van der Waals surface area contributed by atoms with Crippen molar-refractivity contribution in [2.75, 3.05) is 0 Å². The number of nitro benzene ring substituents is 4. The number of carbonyl (C=O) groups excluding carboxylic acids is 2. The molecule has 0 saturated carbocycles. The third-order valence-corrected chi connectivity index (χ3v) is 6.40. The molecule has 4 aromatic rings. The lowest BCUT2D eigenvalue weighted by Crippen LogP contribution is -2.41. The SMILES string of the molecule is O=C(N[C@@H](c1ccccc1)[C@@H](NC(=O)c1cc([N+](=O)[O-])cc([N+](=O)[O-])c1)c1ccccc1)c1cc([N+](=O)[O-])cc([N+](=O)[O-])c1. The molecule has 0 aliphatic carbocycles. The lowest BCUT2D eigenvalue weighted by atomic mass is 9.92. The number of hydrogen-bond donors (Lipinski definition) is 2. The molecule has 0 bridgehead atoms. The Hall–Kier alpha value is -6.58. The molecule has 4 aromatic carbocycles. The Labute approximate surface area is 246 Å². The number of nitro groups is 4.